The number of aromatic nitrogens is 2. The van der Waals surface area contributed by atoms with Gasteiger partial charge in [0.25, 0.3) is 0 Å². The number of sulfonamides is 1. The summed E-state index contributed by atoms with van der Waals surface area (Å²) in [7, 11) is -3.24. The first-order valence-electron chi connectivity index (χ1n) is 6.69. The van der Waals surface area contributed by atoms with E-state index in [0.717, 1.165) is 6.26 Å². The fraction of sp³-hybridized carbons (Fsp3) is 0.417. The molecule has 0 bridgehead atoms. The molecule has 1 aliphatic rings. The zero-order valence-electron chi connectivity index (χ0n) is 11.9. The minimum Gasteiger partial charge on any atom is -0.358 e. The Kier molecular flexibility index (Phi) is 3.49. The minimum atomic E-state index is -3.24. The first-order valence-corrected chi connectivity index (χ1v) is 8.54. The lowest BCUT2D eigenvalue weighted by Gasteiger charge is -2.32. The van der Waals surface area contributed by atoms with Gasteiger partial charge in [-0.1, -0.05) is 6.07 Å². The quantitative estimate of drug-likeness (QED) is 0.595. The van der Waals surface area contributed by atoms with Crippen LogP contribution in [0.1, 0.15) is 0 Å². The number of rotatable bonds is 3. The van der Waals surface area contributed by atoms with E-state index in [1.54, 1.807) is 29.3 Å². The average Bonchev–Trinajstić information content (AvgIpc) is 2.86. The van der Waals surface area contributed by atoms with Crippen LogP contribution in [0.15, 0.2) is 24.4 Å². The van der Waals surface area contributed by atoms with E-state index in [1.165, 1.54) is 8.71 Å². The lowest BCUT2D eigenvalue weighted by Crippen LogP contribution is -2.48. The van der Waals surface area contributed by atoms with Crippen molar-refractivity contribution in [2.24, 2.45) is 0 Å². The Morgan fingerprint density at radius 3 is 2.50 bits per heavy atom. The van der Waals surface area contributed by atoms with E-state index >= 15 is 0 Å². The monoisotopic (exact) mass is 325 g/mol. The molecule has 22 heavy (non-hydrogen) atoms. The van der Waals surface area contributed by atoms with Gasteiger partial charge >= 0.3 is 5.82 Å². The number of fused-ring (bicyclic) bond motifs is 1. The fourth-order valence-electron chi connectivity index (χ4n) is 2.58. The summed E-state index contributed by atoms with van der Waals surface area (Å²) in [5.74, 6) is 0.188. The molecule has 0 aliphatic carbocycles. The van der Waals surface area contributed by atoms with Crippen LogP contribution in [-0.4, -0.2) is 59.5 Å². The van der Waals surface area contributed by atoms with Crippen LogP contribution in [0.3, 0.4) is 0 Å². The Labute approximate surface area is 127 Å². The number of imidazole rings is 1. The lowest BCUT2D eigenvalue weighted by atomic mass is 10.3. The summed E-state index contributed by atoms with van der Waals surface area (Å²) in [4.78, 5) is 17.0. The van der Waals surface area contributed by atoms with Gasteiger partial charge in [0.05, 0.1) is 12.5 Å². The van der Waals surface area contributed by atoms with Gasteiger partial charge in [-0.25, -0.2) is 8.42 Å². The van der Waals surface area contributed by atoms with E-state index in [4.69, 9.17) is 0 Å². The molecule has 1 fully saturated rings. The molecule has 0 spiro atoms. The normalized spacial score (nSPS) is 17.0. The summed E-state index contributed by atoms with van der Waals surface area (Å²) in [6.45, 7) is 1.34. The highest BCUT2D eigenvalue weighted by Crippen LogP contribution is 2.29. The van der Waals surface area contributed by atoms with Crippen LogP contribution < -0.4 is 4.90 Å². The number of hydrogen-bond donors (Lipinski definition) is 0. The van der Waals surface area contributed by atoms with Crippen LogP contribution in [0.25, 0.3) is 5.65 Å². The number of piperazine rings is 1. The van der Waals surface area contributed by atoms with E-state index in [1.807, 2.05) is 0 Å². The van der Waals surface area contributed by atoms with E-state index in [0.29, 0.717) is 31.8 Å². The number of hydrogen-bond acceptors (Lipinski definition) is 6. The molecule has 0 aromatic carbocycles. The third-order valence-electron chi connectivity index (χ3n) is 3.67. The SMILES string of the molecule is CS(=O)(=O)N1CCN(c2nc3ccccn3c2[N+](=O)[O-])CC1. The van der Waals surface area contributed by atoms with Gasteiger partial charge in [0.1, 0.15) is 0 Å². The largest absolute Gasteiger partial charge is 0.372 e. The van der Waals surface area contributed by atoms with Crippen molar-refractivity contribution in [2.45, 2.75) is 0 Å². The fourth-order valence-corrected chi connectivity index (χ4v) is 3.41. The Morgan fingerprint density at radius 2 is 1.91 bits per heavy atom. The predicted octanol–water partition coefficient (Wildman–Crippen LogP) is 0.324. The second-order valence-electron chi connectivity index (χ2n) is 5.09. The highest BCUT2D eigenvalue weighted by atomic mass is 32.2. The third kappa shape index (κ3) is 2.50. The van der Waals surface area contributed by atoms with Crippen molar-refractivity contribution < 1.29 is 13.3 Å². The van der Waals surface area contributed by atoms with Gasteiger partial charge in [-0.15, -0.1) is 0 Å². The summed E-state index contributed by atoms with van der Waals surface area (Å²) in [5.41, 5.74) is 0.495. The van der Waals surface area contributed by atoms with Crippen molar-refractivity contribution in [1.29, 1.82) is 0 Å². The van der Waals surface area contributed by atoms with E-state index in [2.05, 4.69) is 4.98 Å². The summed E-state index contributed by atoms with van der Waals surface area (Å²) in [5, 5.41) is 11.4. The Bertz CT molecular complexity index is 823. The highest BCUT2D eigenvalue weighted by molar-refractivity contribution is 7.88. The van der Waals surface area contributed by atoms with Crippen molar-refractivity contribution in [3.05, 3.63) is 34.5 Å². The number of nitro groups is 1. The molecule has 3 heterocycles. The molecule has 1 saturated heterocycles. The second kappa shape index (κ2) is 5.21. The smallest absolute Gasteiger partial charge is 0.358 e. The van der Waals surface area contributed by atoms with E-state index in [-0.39, 0.29) is 11.6 Å². The summed E-state index contributed by atoms with van der Waals surface area (Å²) in [6, 6.07) is 5.16. The van der Waals surface area contributed by atoms with Crippen molar-refractivity contribution >= 4 is 27.3 Å². The van der Waals surface area contributed by atoms with Crippen LogP contribution in [-0.2, 0) is 10.0 Å². The first kappa shape index (κ1) is 14.7. The summed E-state index contributed by atoms with van der Waals surface area (Å²) >= 11 is 0. The Balaban J connectivity index is 1.95. The Morgan fingerprint density at radius 1 is 1.23 bits per heavy atom. The van der Waals surface area contributed by atoms with E-state index in [9.17, 15) is 18.5 Å². The van der Waals surface area contributed by atoms with Gasteiger partial charge in [0.15, 0.2) is 0 Å². The molecular weight excluding hydrogens is 310 g/mol. The second-order valence-corrected chi connectivity index (χ2v) is 7.08. The van der Waals surface area contributed by atoms with Crippen LogP contribution >= 0.6 is 0 Å². The van der Waals surface area contributed by atoms with Crippen molar-refractivity contribution in [3.8, 4) is 0 Å². The standard InChI is InChI=1S/C12H15N5O4S/c1-22(20,21)15-8-6-14(7-9-15)11-12(17(18)19)16-5-3-2-4-10(16)13-11/h2-5H,6-9H2,1H3. The van der Waals surface area contributed by atoms with Gasteiger partial charge in [0, 0.05) is 32.2 Å². The average molecular weight is 325 g/mol. The van der Waals surface area contributed by atoms with Crippen molar-refractivity contribution in [2.75, 3.05) is 37.3 Å². The zero-order chi connectivity index (χ0) is 15.9. The van der Waals surface area contributed by atoms with Crippen molar-refractivity contribution in [1.82, 2.24) is 13.7 Å². The van der Waals surface area contributed by atoms with Crippen LogP contribution in [0.2, 0.25) is 0 Å². The third-order valence-corrected chi connectivity index (χ3v) is 4.97. The van der Waals surface area contributed by atoms with Gasteiger partial charge in [-0.3, -0.25) is 0 Å². The molecule has 0 N–H and O–H groups in total. The molecule has 0 saturated carbocycles. The predicted molar refractivity (Wildman–Crippen MR) is 80.5 cm³/mol. The topological polar surface area (TPSA) is 101 Å². The maximum absolute atomic E-state index is 11.5. The molecule has 0 radical (unpaired) electrons. The molecule has 9 nitrogen and oxygen atoms in total. The molecule has 0 amide bonds. The maximum atomic E-state index is 11.5. The number of pyridine rings is 1. The van der Waals surface area contributed by atoms with Crippen LogP contribution in [0.4, 0.5) is 11.6 Å². The van der Waals surface area contributed by atoms with E-state index < -0.39 is 14.9 Å². The molecular formula is C12H15N5O4S. The summed E-state index contributed by atoms with van der Waals surface area (Å²) in [6.07, 6.45) is 2.76. The lowest BCUT2D eigenvalue weighted by molar-refractivity contribution is -0.389. The first-order chi connectivity index (χ1) is 10.4. The molecule has 118 valence electrons. The molecule has 10 heteroatoms. The van der Waals surface area contributed by atoms with Gasteiger partial charge in [0.2, 0.25) is 21.5 Å². The van der Waals surface area contributed by atoms with Gasteiger partial charge in [-0.05, 0) is 11.0 Å². The van der Waals surface area contributed by atoms with Gasteiger partial charge < -0.3 is 15.0 Å². The molecule has 0 unspecified atom stereocenters. The maximum Gasteiger partial charge on any atom is 0.372 e. The number of anilines is 1. The van der Waals surface area contributed by atoms with Crippen LogP contribution in [0.5, 0.6) is 0 Å². The van der Waals surface area contributed by atoms with Crippen LogP contribution in [0, 0.1) is 10.1 Å². The minimum absolute atomic E-state index is 0.0941. The number of nitrogens with zero attached hydrogens (tertiary/aromatic N) is 5. The molecule has 2 aromatic rings. The molecule has 0 atom stereocenters. The zero-order valence-corrected chi connectivity index (χ0v) is 12.7. The van der Waals surface area contributed by atoms with Gasteiger partial charge in [-0.2, -0.15) is 13.7 Å². The van der Waals surface area contributed by atoms with Crippen molar-refractivity contribution in [3.63, 3.8) is 0 Å². The molecule has 3 rings (SSSR count). The molecule has 1 aliphatic heterocycles. The Hall–Kier alpha value is -2.20. The summed E-state index contributed by atoms with van der Waals surface area (Å²) < 4.78 is 25.8. The molecule has 2 aromatic heterocycles. The highest BCUT2D eigenvalue weighted by Gasteiger charge is 2.31.